The number of aromatic nitrogens is 2. The first-order valence-electron chi connectivity index (χ1n) is 7.84. The van der Waals surface area contributed by atoms with E-state index in [0.717, 1.165) is 18.5 Å². The molecule has 1 unspecified atom stereocenters. The van der Waals surface area contributed by atoms with Crippen LogP contribution in [0.1, 0.15) is 52.6 Å². The largest absolute Gasteiger partial charge is 0.326 e. The number of nitrogens with zero attached hydrogens (tertiary/aromatic N) is 2. The second-order valence-corrected chi connectivity index (χ2v) is 4.26. The molecule has 0 aliphatic carbocycles. The van der Waals surface area contributed by atoms with Crippen molar-refractivity contribution in [2.24, 2.45) is 0 Å². The van der Waals surface area contributed by atoms with Gasteiger partial charge in [0.15, 0.2) is 0 Å². The molecule has 0 bridgehead atoms. The predicted octanol–water partition coefficient (Wildman–Crippen LogP) is 4.57. The number of aryl methyl sites for hydroxylation is 1. The number of imidazole rings is 1. The third-order valence-corrected chi connectivity index (χ3v) is 3.03. The van der Waals surface area contributed by atoms with Gasteiger partial charge in [0.25, 0.3) is 0 Å². The maximum atomic E-state index is 4.45. The van der Waals surface area contributed by atoms with Gasteiger partial charge in [0.2, 0.25) is 0 Å². The Morgan fingerprint density at radius 3 is 2.40 bits per heavy atom. The van der Waals surface area contributed by atoms with E-state index >= 15 is 0 Å². The van der Waals surface area contributed by atoms with Crippen LogP contribution in [0.3, 0.4) is 0 Å². The zero-order valence-corrected chi connectivity index (χ0v) is 14.2. The lowest BCUT2D eigenvalue weighted by Gasteiger charge is -2.17. The van der Waals surface area contributed by atoms with Crippen molar-refractivity contribution in [2.45, 2.75) is 54.0 Å². The zero-order chi connectivity index (χ0) is 15.5. The van der Waals surface area contributed by atoms with E-state index < -0.39 is 0 Å². The van der Waals surface area contributed by atoms with Gasteiger partial charge in [0, 0.05) is 12.6 Å². The number of hydrogen-bond acceptors (Lipinski definition) is 2. The molecule has 20 heavy (non-hydrogen) atoms. The van der Waals surface area contributed by atoms with Gasteiger partial charge in [-0.2, -0.15) is 0 Å². The molecule has 0 aliphatic heterocycles. The standard InChI is InChI=1S/C13H19N3.2C2H6/c1-4-11(8-14-3)16-9-15-12-6-5-10(2)7-13(12)16;2*1-2/h5-7,9,11,14H,4,8H2,1-3H3;2*1-2H3. The Bertz CT molecular complexity index is 474. The number of nitrogens with one attached hydrogen (secondary N) is 1. The average molecular weight is 277 g/mol. The molecule has 3 nitrogen and oxygen atoms in total. The normalized spacial score (nSPS) is 11.2. The number of fused-ring (bicyclic) bond motifs is 1. The summed E-state index contributed by atoms with van der Waals surface area (Å²) >= 11 is 0. The molecule has 2 rings (SSSR count). The molecule has 1 aromatic carbocycles. The molecular formula is C17H31N3. The molecule has 114 valence electrons. The zero-order valence-electron chi connectivity index (χ0n) is 14.2. The van der Waals surface area contributed by atoms with Crippen molar-refractivity contribution in [3.8, 4) is 0 Å². The summed E-state index contributed by atoms with van der Waals surface area (Å²) in [4.78, 5) is 4.45. The number of hydrogen-bond donors (Lipinski definition) is 1. The molecule has 0 saturated carbocycles. The van der Waals surface area contributed by atoms with Crippen molar-refractivity contribution >= 4 is 11.0 Å². The highest BCUT2D eigenvalue weighted by atomic mass is 15.1. The van der Waals surface area contributed by atoms with E-state index in [9.17, 15) is 0 Å². The highest BCUT2D eigenvalue weighted by molar-refractivity contribution is 5.76. The van der Waals surface area contributed by atoms with E-state index in [1.165, 1.54) is 11.1 Å². The van der Waals surface area contributed by atoms with Gasteiger partial charge in [-0.05, 0) is 38.1 Å². The third-order valence-electron chi connectivity index (χ3n) is 3.03. The topological polar surface area (TPSA) is 29.9 Å². The molecule has 0 saturated heterocycles. The molecule has 0 aliphatic rings. The first kappa shape index (κ1) is 18.7. The van der Waals surface area contributed by atoms with Gasteiger partial charge < -0.3 is 9.88 Å². The quantitative estimate of drug-likeness (QED) is 0.887. The molecule has 0 spiro atoms. The summed E-state index contributed by atoms with van der Waals surface area (Å²) in [6.45, 7) is 13.3. The van der Waals surface area contributed by atoms with E-state index in [4.69, 9.17) is 0 Å². The summed E-state index contributed by atoms with van der Waals surface area (Å²) in [6.07, 6.45) is 3.07. The third kappa shape index (κ3) is 4.64. The highest BCUT2D eigenvalue weighted by Crippen LogP contribution is 2.20. The van der Waals surface area contributed by atoms with Gasteiger partial charge in [-0.1, -0.05) is 40.7 Å². The summed E-state index contributed by atoms with van der Waals surface area (Å²) in [7, 11) is 1.99. The number of likely N-dealkylation sites (N-methyl/N-ethyl adjacent to an activating group) is 1. The number of rotatable bonds is 4. The Labute approximate surface area is 124 Å². The van der Waals surface area contributed by atoms with Crippen LogP contribution < -0.4 is 5.32 Å². The summed E-state index contributed by atoms with van der Waals surface area (Å²) < 4.78 is 2.28. The Morgan fingerprint density at radius 2 is 1.85 bits per heavy atom. The van der Waals surface area contributed by atoms with Crippen LogP contribution in [-0.2, 0) is 0 Å². The van der Waals surface area contributed by atoms with Crippen LogP contribution in [0.25, 0.3) is 11.0 Å². The fraction of sp³-hybridized carbons (Fsp3) is 0.588. The summed E-state index contributed by atoms with van der Waals surface area (Å²) in [6, 6.07) is 6.89. The summed E-state index contributed by atoms with van der Waals surface area (Å²) in [5, 5.41) is 3.24. The van der Waals surface area contributed by atoms with E-state index in [1.807, 2.05) is 41.1 Å². The minimum Gasteiger partial charge on any atom is -0.326 e. The lowest BCUT2D eigenvalue weighted by atomic mass is 10.2. The van der Waals surface area contributed by atoms with Gasteiger partial charge in [0.1, 0.15) is 0 Å². The molecule has 2 aromatic rings. The first-order valence-corrected chi connectivity index (χ1v) is 7.84. The van der Waals surface area contributed by atoms with Crippen molar-refractivity contribution in [3.63, 3.8) is 0 Å². The molecule has 0 fully saturated rings. The van der Waals surface area contributed by atoms with Crippen molar-refractivity contribution in [1.82, 2.24) is 14.9 Å². The molecular weight excluding hydrogens is 246 g/mol. The second kappa shape index (κ2) is 10.4. The minimum atomic E-state index is 0.483. The Kier molecular flexibility index (Phi) is 9.73. The van der Waals surface area contributed by atoms with Crippen LogP contribution in [0.4, 0.5) is 0 Å². The van der Waals surface area contributed by atoms with Gasteiger partial charge in [0.05, 0.1) is 17.4 Å². The maximum Gasteiger partial charge on any atom is 0.0961 e. The van der Waals surface area contributed by atoms with Crippen LogP contribution in [0.15, 0.2) is 24.5 Å². The maximum absolute atomic E-state index is 4.45. The molecule has 1 aromatic heterocycles. The van der Waals surface area contributed by atoms with E-state index in [-0.39, 0.29) is 0 Å². The Hall–Kier alpha value is -1.35. The highest BCUT2D eigenvalue weighted by Gasteiger charge is 2.11. The Morgan fingerprint density at radius 1 is 1.20 bits per heavy atom. The van der Waals surface area contributed by atoms with E-state index in [1.54, 1.807) is 0 Å². The van der Waals surface area contributed by atoms with Crippen molar-refractivity contribution in [1.29, 1.82) is 0 Å². The lowest BCUT2D eigenvalue weighted by molar-refractivity contribution is 0.475. The van der Waals surface area contributed by atoms with Gasteiger partial charge in [-0.3, -0.25) is 0 Å². The van der Waals surface area contributed by atoms with Crippen molar-refractivity contribution in [3.05, 3.63) is 30.1 Å². The van der Waals surface area contributed by atoms with Crippen molar-refractivity contribution in [2.75, 3.05) is 13.6 Å². The summed E-state index contributed by atoms with van der Waals surface area (Å²) in [5.74, 6) is 0. The SMILES string of the molecule is CC.CC.CCC(CNC)n1cnc2ccc(C)cc21. The van der Waals surface area contributed by atoms with Crippen LogP contribution in [-0.4, -0.2) is 23.1 Å². The second-order valence-electron chi connectivity index (χ2n) is 4.26. The van der Waals surface area contributed by atoms with Crippen LogP contribution in [0.2, 0.25) is 0 Å². The van der Waals surface area contributed by atoms with Gasteiger partial charge in [-0.15, -0.1) is 0 Å². The molecule has 0 amide bonds. The minimum absolute atomic E-state index is 0.483. The van der Waals surface area contributed by atoms with E-state index in [0.29, 0.717) is 6.04 Å². The first-order chi connectivity index (χ1) is 9.76. The van der Waals surface area contributed by atoms with Crippen LogP contribution in [0.5, 0.6) is 0 Å². The molecule has 1 N–H and O–H groups in total. The molecule has 1 heterocycles. The number of benzene rings is 1. The van der Waals surface area contributed by atoms with Gasteiger partial charge in [-0.25, -0.2) is 4.98 Å². The fourth-order valence-electron chi connectivity index (χ4n) is 2.10. The lowest BCUT2D eigenvalue weighted by Crippen LogP contribution is -2.21. The van der Waals surface area contributed by atoms with Gasteiger partial charge >= 0.3 is 0 Å². The molecule has 1 atom stereocenters. The smallest absolute Gasteiger partial charge is 0.0961 e. The Balaban J connectivity index is 0.000000829. The van der Waals surface area contributed by atoms with Crippen molar-refractivity contribution < 1.29 is 0 Å². The predicted molar refractivity (Wildman–Crippen MR) is 90.4 cm³/mol. The average Bonchev–Trinajstić information content (AvgIpc) is 2.92. The molecule has 0 radical (unpaired) electrons. The van der Waals surface area contributed by atoms with Crippen LogP contribution >= 0.6 is 0 Å². The van der Waals surface area contributed by atoms with Crippen LogP contribution in [0, 0.1) is 6.92 Å². The molecule has 3 heteroatoms. The summed E-state index contributed by atoms with van der Waals surface area (Å²) in [5.41, 5.74) is 3.61. The van der Waals surface area contributed by atoms with E-state index in [2.05, 4.69) is 46.9 Å². The monoisotopic (exact) mass is 277 g/mol. The fourth-order valence-corrected chi connectivity index (χ4v) is 2.10.